The van der Waals surface area contributed by atoms with E-state index in [0.717, 1.165) is 6.42 Å². The van der Waals surface area contributed by atoms with Gasteiger partial charge in [-0.05, 0) is 29.0 Å². The van der Waals surface area contributed by atoms with Gasteiger partial charge in [-0.2, -0.15) is 0 Å². The lowest BCUT2D eigenvalue weighted by molar-refractivity contribution is 0.189. The fourth-order valence-corrected chi connectivity index (χ4v) is 1.94. The van der Waals surface area contributed by atoms with Gasteiger partial charge in [0.25, 0.3) is 0 Å². The molecule has 0 aliphatic carbocycles. The van der Waals surface area contributed by atoms with Gasteiger partial charge in [0.05, 0.1) is 10.6 Å². The molecule has 1 heterocycles. The summed E-state index contributed by atoms with van der Waals surface area (Å²) in [6.07, 6.45) is 0.818. The molecule has 6 nitrogen and oxygen atoms in total. The van der Waals surface area contributed by atoms with Gasteiger partial charge < -0.3 is 10.5 Å². The Morgan fingerprint density at radius 1 is 1.44 bits per heavy atom. The molecular weight excluding hydrogens is 254 g/mol. The molecule has 0 amide bonds. The van der Waals surface area contributed by atoms with Crippen molar-refractivity contribution >= 4 is 17.3 Å². The predicted molar refractivity (Wildman–Crippen MR) is 69.2 cm³/mol. The molecule has 0 unspecified atom stereocenters. The number of methoxy groups -OCH3 is 1. The van der Waals surface area contributed by atoms with Crippen molar-refractivity contribution in [1.82, 2.24) is 20.2 Å². The van der Waals surface area contributed by atoms with Crippen molar-refractivity contribution in [3.8, 4) is 11.4 Å². The number of rotatable bonds is 5. The van der Waals surface area contributed by atoms with E-state index in [-0.39, 0.29) is 0 Å². The van der Waals surface area contributed by atoms with Crippen molar-refractivity contribution < 1.29 is 4.74 Å². The highest BCUT2D eigenvalue weighted by molar-refractivity contribution is 6.33. The molecule has 0 aliphatic rings. The smallest absolute Gasteiger partial charge is 0.185 e. The average molecular weight is 268 g/mol. The van der Waals surface area contributed by atoms with Gasteiger partial charge in [-0.15, -0.1) is 5.10 Å². The van der Waals surface area contributed by atoms with Gasteiger partial charge in [0.15, 0.2) is 5.82 Å². The largest absolute Gasteiger partial charge is 0.398 e. The van der Waals surface area contributed by atoms with E-state index >= 15 is 0 Å². The van der Waals surface area contributed by atoms with Gasteiger partial charge in [-0.1, -0.05) is 17.7 Å². The van der Waals surface area contributed by atoms with Crippen LogP contribution in [0.5, 0.6) is 0 Å². The first-order valence-corrected chi connectivity index (χ1v) is 5.91. The van der Waals surface area contributed by atoms with E-state index in [0.29, 0.717) is 35.2 Å². The summed E-state index contributed by atoms with van der Waals surface area (Å²) in [4.78, 5) is 0. The van der Waals surface area contributed by atoms with E-state index in [1.54, 1.807) is 30.0 Å². The second-order valence-electron chi connectivity index (χ2n) is 3.78. The maximum atomic E-state index is 6.14. The van der Waals surface area contributed by atoms with E-state index in [1.807, 2.05) is 0 Å². The van der Waals surface area contributed by atoms with Crippen molar-refractivity contribution in [3.05, 3.63) is 23.2 Å². The Bertz CT molecular complexity index is 508. The number of tetrazole rings is 1. The van der Waals surface area contributed by atoms with E-state index in [9.17, 15) is 0 Å². The van der Waals surface area contributed by atoms with Gasteiger partial charge in [0.1, 0.15) is 0 Å². The maximum absolute atomic E-state index is 6.14. The number of aromatic nitrogens is 4. The number of ether oxygens (including phenoxy) is 1. The molecule has 7 heteroatoms. The van der Waals surface area contributed by atoms with Crippen LogP contribution in [0.15, 0.2) is 18.2 Å². The van der Waals surface area contributed by atoms with Gasteiger partial charge >= 0.3 is 0 Å². The van der Waals surface area contributed by atoms with Crippen LogP contribution >= 0.6 is 11.6 Å². The van der Waals surface area contributed by atoms with Crippen molar-refractivity contribution in [3.63, 3.8) is 0 Å². The number of hydrogen-bond donors (Lipinski definition) is 1. The van der Waals surface area contributed by atoms with E-state index in [2.05, 4.69) is 15.5 Å². The third-order valence-electron chi connectivity index (χ3n) is 2.52. The van der Waals surface area contributed by atoms with Crippen LogP contribution < -0.4 is 5.73 Å². The Kier molecular flexibility index (Phi) is 4.11. The number of anilines is 1. The fourth-order valence-electron chi connectivity index (χ4n) is 1.67. The minimum Gasteiger partial charge on any atom is -0.398 e. The molecule has 2 N–H and O–H groups in total. The summed E-state index contributed by atoms with van der Waals surface area (Å²) in [7, 11) is 1.66. The summed E-state index contributed by atoms with van der Waals surface area (Å²) in [5.74, 6) is 0.578. The number of aryl methyl sites for hydroxylation is 1. The first-order valence-electron chi connectivity index (χ1n) is 5.53. The Labute approximate surface area is 110 Å². The molecule has 0 saturated carbocycles. The van der Waals surface area contributed by atoms with Crippen LogP contribution in [0.2, 0.25) is 5.02 Å². The van der Waals surface area contributed by atoms with Crippen LogP contribution in [-0.2, 0) is 11.3 Å². The zero-order valence-corrected chi connectivity index (χ0v) is 10.8. The third-order valence-corrected chi connectivity index (χ3v) is 2.83. The van der Waals surface area contributed by atoms with Crippen LogP contribution in [0.3, 0.4) is 0 Å². The number of halogens is 1. The molecule has 2 rings (SSSR count). The summed E-state index contributed by atoms with van der Waals surface area (Å²) < 4.78 is 6.68. The number of nitrogens with two attached hydrogens (primary N) is 1. The lowest BCUT2D eigenvalue weighted by atomic mass is 10.1. The molecule has 0 fully saturated rings. The summed E-state index contributed by atoms with van der Waals surface area (Å²) in [6, 6.07) is 5.33. The molecule has 0 saturated heterocycles. The minimum absolute atomic E-state index is 0.540. The lowest BCUT2D eigenvalue weighted by Crippen LogP contribution is -2.06. The highest BCUT2D eigenvalue weighted by Gasteiger charge is 2.14. The summed E-state index contributed by atoms with van der Waals surface area (Å²) in [5, 5.41) is 12.1. The van der Waals surface area contributed by atoms with Crippen molar-refractivity contribution in [2.75, 3.05) is 19.5 Å². The molecule has 2 aromatic rings. The summed E-state index contributed by atoms with van der Waals surface area (Å²) in [5.41, 5.74) is 7.15. The maximum Gasteiger partial charge on any atom is 0.185 e. The van der Waals surface area contributed by atoms with Gasteiger partial charge in [0.2, 0.25) is 0 Å². The average Bonchev–Trinajstić information content (AvgIpc) is 2.78. The van der Waals surface area contributed by atoms with Gasteiger partial charge in [-0.3, -0.25) is 0 Å². The highest BCUT2D eigenvalue weighted by atomic mass is 35.5. The third kappa shape index (κ3) is 2.60. The van der Waals surface area contributed by atoms with Crippen LogP contribution in [0.25, 0.3) is 11.4 Å². The first kappa shape index (κ1) is 12.8. The SMILES string of the molecule is COCCCn1nnnc1-c1c(N)cccc1Cl. The van der Waals surface area contributed by atoms with Gasteiger partial charge in [-0.25, -0.2) is 4.68 Å². The molecule has 1 aromatic carbocycles. The molecule has 0 spiro atoms. The molecule has 0 aliphatic heterocycles. The monoisotopic (exact) mass is 267 g/mol. The number of benzene rings is 1. The molecule has 0 bridgehead atoms. The van der Waals surface area contributed by atoms with Crippen LogP contribution in [0.4, 0.5) is 5.69 Å². The predicted octanol–water partition coefficient (Wildman–Crippen LogP) is 1.61. The zero-order valence-electron chi connectivity index (χ0n) is 10.0. The Hall–Kier alpha value is -1.66. The van der Waals surface area contributed by atoms with Crippen LogP contribution in [0.1, 0.15) is 6.42 Å². The first-order chi connectivity index (χ1) is 8.74. The zero-order chi connectivity index (χ0) is 13.0. The topological polar surface area (TPSA) is 78.8 Å². The summed E-state index contributed by atoms with van der Waals surface area (Å²) >= 11 is 6.14. The minimum atomic E-state index is 0.540. The fraction of sp³-hybridized carbons (Fsp3) is 0.364. The van der Waals surface area contributed by atoms with Crippen LogP contribution in [-0.4, -0.2) is 33.9 Å². The van der Waals surface area contributed by atoms with E-state index in [4.69, 9.17) is 22.1 Å². The second-order valence-corrected chi connectivity index (χ2v) is 4.18. The van der Waals surface area contributed by atoms with E-state index < -0.39 is 0 Å². The summed E-state index contributed by atoms with van der Waals surface area (Å²) in [6.45, 7) is 1.30. The van der Waals surface area contributed by atoms with Crippen molar-refractivity contribution in [1.29, 1.82) is 0 Å². The van der Waals surface area contributed by atoms with Crippen molar-refractivity contribution in [2.45, 2.75) is 13.0 Å². The number of nitrogen functional groups attached to an aromatic ring is 1. The van der Waals surface area contributed by atoms with E-state index in [1.165, 1.54) is 0 Å². The lowest BCUT2D eigenvalue weighted by Gasteiger charge is -2.08. The second kappa shape index (κ2) is 5.79. The van der Waals surface area contributed by atoms with Crippen molar-refractivity contribution in [2.24, 2.45) is 0 Å². The Balaban J connectivity index is 2.31. The molecule has 0 atom stereocenters. The quantitative estimate of drug-likeness (QED) is 0.658. The number of hydrogen-bond acceptors (Lipinski definition) is 5. The molecule has 0 radical (unpaired) electrons. The van der Waals surface area contributed by atoms with Gasteiger partial charge in [0, 0.05) is 25.9 Å². The molecular formula is C11H14ClN5O. The Morgan fingerprint density at radius 3 is 3.00 bits per heavy atom. The molecule has 18 heavy (non-hydrogen) atoms. The Morgan fingerprint density at radius 2 is 2.28 bits per heavy atom. The highest BCUT2D eigenvalue weighted by Crippen LogP contribution is 2.31. The molecule has 96 valence electrons. The van der Waals surface area contributed by atoms with Crippen LogP contribution in [0, 0.1) is 0 Å². The molecule has 1 aromatic heterocycles. The number of nitrogens with zero attached hydrogens (tertiary/aromatic N) is 4. The normalized spacial score (nSPS) is 10.8. The standard InChI is InChI=1S/C11H14ClN5O/c1-18-7-3-6-17-11(14-15-16-17)10-8(12)4-2-5-9(10)13/h2,4-5H,3,6-7,13H2,1H3.